The average Bonchev–Trinajstić information content (AvgIpc) is 2.38. The maximum absolute atomic E-state index is 13.4. The van der Waals surface area contributed by atoms with Crippen molar-refractivity contribution in [2.75, 3.05) is 14.1 Å². The van der Waals surface area contributed by atoms with Crippen LogP contribution in [0.3, 0.4) is 0 Å². The molecule has 0 unspecified atom stereocenters. The molecule has 3 heteroatoms. The first-order valence-corrected chi connectivity index (χ1v) is 7.02. The van der Waals surface area contributed by atoms with Gasteiger partial charge in [0.2, 0.25) is 0 Å². The van der Waals surface area contributed by atoms with Crippen LogP contribution in [0.25, 0.3) is 0 Å². The van der Waals surface area contributed by atoms with Gasteiger partial charge in [-0.3, -0.25) is 0 Å². The molecular weight excluding hydrogens is 244 g/mol. The van der Waals surface area contributed by atoms with Crippen LogP contribution >= 0.6 is 0 Å². The first-order chi connectivity index (χ1) is 8.88. The highest BCUT2D eigenvalue weighted by atomic mass is 19.3. The van der Waals surface area contributed by atoms with E-state index in [-0.39, 0.29) is 5.56 Å². The highest BCUT2D eigenvalue weighted by molar-refractivity contribution is 5.29. The van der Waals surface area contributed by atoms with Gasteiger partial charge in [0.25, 0.3) is 5.92 Å². The third-order valence-electron chi connectivity index (χ3n) is 4.24. The molecule has 0 radical (unpaired) electrons. The molecule has 0 amide bonds. The van der Waals surface area contributed by atoms with Crippen LogP contribution in [0.1, 0.15) is 49.7 Å². The second-order valence-electron chi connectivity index (χ2n) is 5.99. The van der Waals surface area contributed by atoms with Crippen LogP contribution in [0.2, 0.25) is 0 Å². The quantitative estimate of drug-likeness (QED) is 0.785. The maximum Gasteiger partial charge on any atom is 0.270 e. The van der Waals surface area contributed by atoms with Crippen LogP contribution < -0.4 is 0 Å². The smallest absolute Gasteiger partial charge is 0.270 e. The zero-order valence-corrected chi connectivity index (χ0v) is 12.0. The van der Waals surface area contributed by atoms with E-state index in [1.165, 1.54) is 18.9 Å². The van der Waals surface area contributed by atoms with E-state index >= 15 is 0 Å². The predicted octanol–water partition coefficient (Wildman–Crippen LogP) is 4.39. The van der Waals surface area contributed by atoms with Gasteiger partial charge in [-0.1, -0.05) is 24.6 Å². The Hall–Kier alpha value is -0.960. The van der Waals surface area contributed by atoms with E-state index in [0.717, 1.165) is 25.3 Å². The number of hydrogen-bond acceptors (Lipinski definition) is 1. The number of rotatable bonds is 3. The van der Waals surface area contributed by atoms with Gasteiger partial charge in [0.05, 0.1) is 0 Å². The minimum atomic E-state index is -2.74. The van der Waals surface area contributed by atoms with Gasteiger partial charge in [0.1, 0.15) is 0 Å². The Morgan fingerprint density at radius 2 is 1.95 bits per heavy atom. The normalized spacial score (nSPS) is 24.7. The minimum absolute atomic E-state index is 0.136. The molecule has 1 aliphatic carbocycles. The lowest BCUT2D eigenvalue weighted by molar-refractivity contribution is 0.0173. The lowest BCUT2D eigenvalue weighted by atomic mass is 9.80. The molecule has 0 spiro atoms. The Bertz CT molecular complexity index is 423. The summed E-state index contributed by atoms with van der Waals surface area (Å²) >= 11 is 0. The summed E-state index contributed by atoms with van der Waals surface area (Å²) < 4.78 is 26.8. The molecule has 0 aliphatic heterocycles. The highest BCUT2D eigenvalue weighted by Gasteiger charge is 2.28. The third kappa shape index (κ3) is 3.53. The molecule has 0 bridgehead atoms. The van der Waals surface area contributed by atoms with Crippen molar-refractivity contribution in [2.24, 2.45) is 0 Å². The summed E-state index contributed by atoms with van der Waals surface area (Å²) in [6.45, 7) is 0.968. The molecule has 1 fully saturated rings. The summed E-state index contributed by atoms with van der Waals surface area (Å²) in [7, 11) is 4.20. The van der Waals surface area contributed by atoms with Crippen molar-refractivity contribution in [1.82, 2.24) is 4.90 Å². The molecule has 1 aromatic carbocycles. The summed E-state index contributed by atoms with van der Waals surface area (Å²) in [6, 6.07) is 7.56. The minimum Gasteiger partial charge on any atom is -0.306 e. The van der Waals surface area contributed by atoms with Crippen LogP contribution in [-0.2, 0) is 5.92 Å². The molecule has 2 rings (SSSR count). The van der Waals surface area contributed by atoms with Crippen molar-refractivity contribution in [3.05, 3.63) is 35.4 Å². The molecule has 0 heterocycles. The number of alkyl halides is 2. The fourth-order valence-electron chi connectivity index (χ4n) is 3.00. The molecule has 0 N–H and O–H groups in total. The first-order valence-electron chi connectivity index (χ1n) is 7.02. The number of benzene rings is 1. The van der Waals surface area contributed by atoms with Crippen molar-refractivity contribution in [1.29, 1.82) is 0 Å². The van der Waals surface area contributed by atoms with Crippen LogP contribution in [0.5, 0.6) is 0 Å². The number of hydrogen-bond donors (Lipinski definition) is 0. The average molecular weight is 267 g/mol. The Morgan fingerprint density at radius 3 is 2.58 bits per heavy atom. The second-order valence-corrected chi connectivity index (χ2v) is 5.99. The molecule has 1 saturated carbocycles. The van der Waals surface area contributed by atoms with Crippen molar-refractivity contribution in [3.8, 4) is 0 Å². The zero-order valence-electron chi connectivity index (χ0n) is 12.0. The van der Waals surface area contributed by atoms with E-state index in [9.17, 15) is 8.78 Å². The molecule has 1 aromatic rings. The van der Waals surface area contributed by atoms with E-state index in [1.54, 1.807) is 12.1 Å². The third-order valence-corrected chi connectivity index (χ3v) is 4.24. The van der Waals surface area contributed by atoms with Crippen LogP contribution in [0, 0.1) is 0 Å². The van der Waals surface area contributed by atoms with Crippen molar-refractivity contribution in [2.45, 2.75) is 50.5 Å². The van der Waals surface area contributed by atoms with Crippen LogP contribution in [0.4, 0.5) is 8.78 Å². The summed E-state index contributed by atoms with van der Waals surface area (Å²) in [4.78, 5) is 2.25. The van der Waals surface area contributed by atoms with Gasteiger partial charge in [-0.25, -0.2) is 8.78 Å². The Morgan fingerprint density at radius 1 is 1.21 bits per heavy atom. The van der Waals surface area contributed by atoms with Crippen LogP contribution in [0.15, 0.2) is 24.3 Å². The van der Waals surface area contributed by atoms with E-state index < -0.39 is 5.92 Å². The maximum atomic E-state index is 13.4. The van der Waals surface area contributed by atoms with Gasteiger partial charge in [-0.05, 0) is 50.9 Å². The van der Waals surface area contributed by atoms with Gasteiger partial charge >= 0.3 is 0 Å². The van der Waals surface area contributed by atoms with Gasteiger partial charge in [-0.15, -0.1) is 0 Å². The van der Waals surface area contributed by atoms with Gasteiger partial charge in [0, 0.05) is 18.5 Å². The summed E-state index contributed by atoms with van der Waals surface area (Å²) in [5.41, 5.74) is 1.21. The summed E-state index contributed by atoms with van der Waals surface area (Å²) in [5, 5.41) is 0. The summed E-state index contributed by atoms with van der Waals surface area (Å²) in [5.74, 6) is -2.32. The standard InChI is InChI=1S/C16H23F2N/c1-16(17,18)14-8-4-6-12(10-14)13-7-5-9-15(11-13)19(2)3/h4,6,8,10,13,15H,5,7,9,11H2,1-3H3/t13-,15+/m0/s1. The molecule has 1 nitrogen and oxygen atoms in total. The van der Waals surface area contributed by atoms with Crippen molar-refractivity contribution >= 4 is 0 Å². The molecule has 2 atom stereocenters. The van der Waals surface area contributed by atoms with Crippen LogP contribution in [-0.4, -0.2) is 25.0 Å². The Balaban J connectivity index is 2.17. The molecular formula is C16H23F2N. The van der Waals surface area contributed by atoms with Gasteiger partial charge < -0.3 is 4.90 Å². The summed E-state index contributed by atoms with van der Waals surface area (Å²) in [6.07, 6.45) is 4.59. The monoisotopic (exact) mass is 267 g/mol. The Kier molecular flexibility index (Phi) is 4.24. The lowest BCUT2D eigenvalue weighted by Gasteiger charge is -2.33. The lowest BCUT2D eigenvalue weighted by Crippen LogP contribution is -2.32. The van der Waals surface area contributed by atoms with E-state index in [2.05, 4.69) is 19.0 Å². The van der Waals surface area contributed by atoms with E-state index in [4.69, 9.17) is 0 Å². The topological polar surface area (TPSA) is 3.24 Å². The Labute approximate surface area is 114 Å². The van der Waals surface area contributed by atoms with Gasteiger partial charge in [-0.2, -0.15) is 0 Å². The van der Waals surface area contributed by atoms with Gasteiger partial charge in [0.15, 0.2) is 0 Å². The van der Waals surface area contributed by atoms with Crippen molar-refractivity contribution in [3.63, 3.8) is 0 Å². The fraction of sp³-hybridized carbons (Fsp3) is 0.625. The zero-order chi connectivity index (χ0) is 14.0. The largest absolute Gasteiger partial charge is 0.306 e. The molecule has 1 aliphatic rings. The van der Waals surface area contributed by atoms with E-state index in [1.807, 2.05) is 6.07 Å². The van der Waals surface area contributed by atoms with Crippen molar-refractivity contribution < 1.29 is 8.78 Å². The second kappa shape index (κ2) is 5.58. The fourth-order valence-corrected chi connectivity index (χ4v) is 3.00. The number of nitrogens with zero attached hydrogens (tertiary/aromatic N) is 1. The molecule has 19 heavy (non-hydrogen) atoms. The number of halogens is 2. The SMILES string of the molecule is CN(C)[C@@H]1CCC[C@H](c2cccc(C(C)(F)F)c2)C1. The van der Waals surface area contributed by atoms with E-state index in [0.29, 0.717) is 12.0 Å². The molecule has 0 saturated heterocycles. The predicted molar refractivity (Wildman–Crippen MR) is 74.7 cm³/mol. The highest BCUT2D eigenvalue weighted by Crippen LogP contribution is 2.36. The molecule has 0 aromatic heterocycles. The first kappa shape index (κ1) is 14.4. The molecule has 106 valence electrons.